The maximum atomic E-state index is 4.59. The summed E-state index contributed by atoms with van der Waals surface area (Å²) in [5, 5.41) is 4.08. The molecule has 1 aromatic rings. The van der Waals surface area contributed by atoms with Gasteiger partial charge in [-0.2, -0.15) is 0 Å². The lowest BCUT2D eigenvalue weighted by molar-refractivity contribution is 0.314. The third kappa shape index (κ3) is 1.67. The quantitative estimate of drug-likeness (QED) is 0.796. The van der Waals surface area contributed by atoms with Crippen molar-refractivity contribution >= 4 is 17.0 Å². The van der Waals surface area contributed by atoms with Gasteiger partial charge in [0.2, 0.25) is 0 Å². The van der Waals surface area contributed by atoms with Crippen LogP contribution >= 0.6 is 11.3 Å². The van der Waals surface area contributed by atoms with E-state index in [-0.39, 0.29) is 0 Å². The zero-order valence-electron chi connectivity index (χ0n) is 8.63. The monoisotopic (exact) mass is 209 g/mol. The van der Waals surface area contributed by atoms with E-state index in [1.54, 1.807) is 11.3 Å². The molecule has 0 saturated carbocycles. The molecule has 0 aromatic carbocycles. The zero-order valence-corrected chi connectivity index (χ0v) is 9.45. The van der Waals surface area contributed by atoms with Gasteiger partial charge < -0.3 is 10.2 Å². The first-order chi connectivity index (χ1) is 6.70. The third-order valence-corrected chi connectivity index (χ3v) is 3.62. The minimum atomic E-state index is 0.923. The fourth-order valence-electron chi connectivity index (χ4n) is 1.56. The van der Waals surface area contributed by atoms with E-state index in [1.807, 2.05) is 7.05 Å². The molecule has 2 heterocycles. The Morgan fingerprint density at radius 2 is 2.43 bits per heavy atom. The van der Waals surface area contributed by atoms with Crippen molar-refractivity contribution in [3.8, 4) is 0 Å². The molecule has 0 bridgehead atoms. The van der Waals surface area contributed by atoms with Crippen molar-refractivity contribution in [3.05, 3.63) is 22.2 Å². The standard InChI is InChI=1S/C10H15N3S/c1-7(11-2)10-12-8-4-5-13(3)6-9(8)14-10/h11H,1,4-6H2,2-3H3. The maximum absolute atomic E-state index is 4.59. The predicted molar refractivity (Wildman–Crippen MR) is 60.2 cm³/mol. The van der Waals surface area contributed by atoms with E-state index < -0.39 is 0 Å². The Morgan fingerprint density at radius 1 is 1.64 bits per heavy atom. The number of nitrogens with one attached hydrogen (secondary N) is 1. The van der Waals surface area contributed by atoms with Crippen molar-refractivity contribution in [2.45, 2.75) is 13.0 Å². The molecule has 1 aliphatic rings. The fourth-order valence-corrected chi connectivity index (χ4v) is 2.72. The molecule has 0 radical (unpaired) electrons. The lowest BCUT2D eigenvalue weighted by atomic mass is 10.2. The van der Waals surface area contributed by atoms with Gasteiger partial charge >= 0.3 is 0 Å². The molecule has 76 valence electrons. The van der Waals surface area contributed by atoms with Crippen LogP contribution in [0.4, 0.5) is 0 Å². The van der Waals surface area contributed by atoms with Gasteiger partial charge in [0, 0.05) is 31.4 Å². The molecule has 0 atom stereocenters. The highest BCUT2D eigenvalue weighted by atomic mass is 32.1. The number of nitrogens with zero attached hydrogens (tertiary/aromatic N) is 2. The van der Waals surface area contributed by atoms with E-state index in [0.717, 1.165) is 30.2 Å². The number of fused-ring (bicyclic) bond motifs is 1. The molecule has 1 aromatic heterocycles. The van der Waals surface area contributed by atoms with Crippen LogP contribution in [0.1, 0.15) is 15.6 Å². The van der Waals surface area contributed by atoms with Crippen LogP contribution in [0.2, 0.25) is 0 Å². The number of hydrogen-bond donors (Lipinski definition) is 1. The predicted octanol–water partition coefficient (Wildman–Crippen LogP) is 1.32. The smallest absolute Gasteiger partial charge is 0.139 e. The van der Waals surface area contributed by atoms with E-state index in [1.165, 1.54) is 10.6 Å². The first-order valence-electron chi connectivity index (χ1n) is 4.75. The normalized spacial score (nSPS) is 16.4. The van der Waals surface area contributed by atoms with Gasteiger partial charge in [0.05, 0.1) is 11.4 Å². The van der Waals surface area contributed by atoms with E-state index in [4.69, 9.17) is 0 Å². The van der Waals surface area contributed by atoms with Gasteiger partial charge in [-0.25, -0.2) is 4.98 Å². The summed E-state index contributed by atoms with van der Waals surface area (Å²) in [4.78, 5) is 8.31. The lowest BCUT2D eigenvalue weighted by Crippen LogP contribution is -2.25. The van der Waals surface area contributed by atoms with Crippen LogP contribution in [0.15, 0.2) is 6.58 Å². The number of rotatable bonds is 2. The third-order valence-electron chi connectivity index (χ3n) is 2.48. The summed E-state index contributed by atoms with van der Waals surface area (Å²) in [5.41, 5.74) is 2.19. The summed E-state index contributed by atoms with van der Waals surface area (Å²) in [7, 11) is 4.03. The van der Waals surface area contributed by atoms with Crippen molar-refractivity contribution in [1.82, 2.24) is 15.2 Å². The molecular weight excluding hydrogens is 194 g/mol. The molecule has 14 heavy (non-hydrogen) atoms. The number of likely N-dealkylation sites (N-methyl/N-ethyl adjacent to an activating group) is 1. The second kappa shape index (κ2) is 3.71. The summed E-state index contributed by atoms with van der Waals surface area (Å²) in [6, 6.07) is 0. The van der Waals surface area contributed by atoms with Crippen LogP contribution < -0.4 is 5.32 Å². The Labute approximate surface area is 88.5 Å². The minimum absolute atomic E-state index is 0.923. The number of thiazole rings is 1. The summed E-state index contributed by atoms with van der Waals surface area (Å²) in [6.07, 6.45) is 1.07. The molecule has 0 spiro atoms. The van der Waals surface area contributed by atoms with Crippen LogP contribution in [-0.2, 0) is 13.0 Å². The van der Waals surface area contributed by atoms with Crippen molar-refractivity contribution in [1.29, 1.82) is 0 Å². The molecule has 0 amide bonds. The highest BCUT2D eigenvalue weighted by Crippen LogP contribution is 2.26. The van der Waals surface area contributed by atoms with E-state index in [9.17, 15) is 0 Å². The Morgan fingerprint density at radius 3 is 3.14 bits per heavy atom. The molecule has 3 nitrogen and oxygen atoms in total. The average Bonchev–Trinajstić information content (AvgIpc) is 2.59. The van der Waals surface area contributed by atoms with E-state index >= 15 is 0 Å². The molecule has 2 rings (SSSR count). The zero-order chi connectivity index (χ0) is 10.1. The lowest BCUT2D eigenvalue weighted by Gasteiger charge is -2.20. The number of aromatic nitrogens is 1. The van der Waals surface area contributed by atoms with Gasteiger partial charge in [-0.1, -0.05) is 6.58 Å². The highest BCUT2D eigenvalue weighted by molar-refractivity contribution is 7.12. The molecule has 1 N–H and O–H groups in total. The van der Waals surface area contributed by atoms with Crippen molar-refractivity contribution in [2.24, 2.45) is 0 Å². The van der Waals surface area contributed by atoms with Crippen LogP contribution in [0.25, 0.3) is 5.70 Å². The molecule has 0 aliphatic carbocycles. The van der Waals surface area contributed by atoms with Gasteiger partial charge in [-0.05, 0) is 7.05 Å². The molecule has 0 fully saturated rings. The Kier molecular flexibility index (Phi) is 2.56. The average molecular weight is 209 g/mol. The molecular formula is C10H15N3S. The molecule has 1 aliphatic heterocycles. The molecule has 0 saturated heterocycles. The summed E-state index contributed by atoms with van der Waals surface area (Å²) in [5.74, 6) is 0. The second-order valence-corrected chi connectivity index (χ2v) is 4.69. The van der Waals surface area contributed by atoms with Gasteiger partial charge in [-0.15, -0.1) is 11.3 Å². The van der Waals surface area contributed by atoms with Crippen LogP contribution in [0.5, 0.6) is 0 Å². The van der Waals surface area contributed by atoms with Gasteiger partial charge in [0.1, 0.15) is 5.01 Å². The molecule has 4 heteroatoms. The minimum Gasteiger partial charge on any atom is -0.386 e. The van der Waals surface area contributed by atoms with E-state index in [0.29, 0.717) is 0 Å². The summed E-state index contributed by atoms with van der Waals surface area (Å²) < 4.78 is 0. The molecule has 0 unspecified atom stereocenters. The first kappa shape index (κ1) is 9.68. The Hall–Kier alpha value is -0.870. The number of hydrogen-bond acceptors (Lipinski definition) is 4. The van der Waals surface area contributed by atoms with Gasteiger partial charge in [-0.3, -0.25) is 0 Å². The van der Waals surface area contributed by atoms with E-state index in [2.05, 4.69) is 28.8 Å². The SMILES string of the molecule is C=C(NC)c1nc2c(s1)CN(C)CC2. The highest BCUT2D eigenvalue weighted by Gasteiger charge is 2.18. The Balaban J connectivity index is 2.27. The van der Waals surface area contributed by atoms with Gasteiger partial charge in [0.25, 0.3) is 0 Å². The first-order valence-corrected chi connectivity index (χ1v) is 5.56. The van der Waals surface area contributed by atoms with Crippen LogP contribution in [-0.4, -0.2) is 30.5 Å². The summed E-state index contributed by atoms with van der Waals surface area (Å²) >= 11 is 1.76. The maximum Gasteiger partial charge on any atom is 0.139 e. The van der Waals surface area contributed by atoms with Gasteiger partial charge in [0.15, 0.2) is 0 Å². The topological polar surface area (TPSA) is 28.2 Å². The van der Waals surface area contributed by atoms with Crippen LogP contribution in [0.3, 0.4) is 0 Å². The largest absolute Gasteiger partial charge is 0.386 e. The van der Waals surface area contributed by atoms with Crippen LogP contribution in [0, 0.1) is 0 Å². The second-order valence-electron chi connectivity index (χ2n) is 3.61. The van der Waals surface area contributed by atoms with Crippen molar-refractivity contribution in [2.75, 3.05) is 20.6 Å². The van der Waals surface area contributed by atoms with Crippen molar-refractivity contribution in [3.63, 3.8) is 0 Å². The van der Waals surface area contributed by atoms with Crippen molar-refractivity contribution < 1.29 is 0 Å². The summed E-state index contributed by atoms with van der Waals surface area (Å²) in [6.45, 7) is 6.07. The Bertz CT molecular complexity index is 356. The fraction of sp³-hybridized carbons (Fsp3) is 0.500.